The molecule has 1 unspecified atom stereocenters. The van der Waals surface area contributed by atoms with Crippen molar-refractivity contribution in [2.75, 3.05) is 26.7 Å². The second-order valence-electron chi connectivity index (χ2n) is 5.10. The molecule has 2 rings (SSSR count). The minimum Gasteiger partial charge on any atom is -0.459 e. The van der Waals surface area contributed by atoms with Crippen LogP contribution in [0.15, 0.2) is 22.8 Å². The smallest absolute Gasteiger partial charge is 0.293 e. The van der Waals surface area contributed by atoms with Crippen LogP contribution in [0.1, 0.15) is 29.8 Å². The summed E-state index contributed by atoms with van der Waals surface area (Å²) in [6.07, 6.45) is 4.62. The van der Waals surface area contributed by atoms with Crippen molar-refractivity contribution in [3.8, 4) is 0 Å². The second-order valence-corrected chi connectivity index (χ2v) is 5.10. The fourth-order valence-electron chi connectivity index (χ4n) is 2.43. The summed E-state index contributed by atoms with van der Waals surface area (Å²) in [6, 6.07) is 3.53. The first-order chi connectivity index (χ1) is 9.66. The molecule has 20 heavy (non-hydrogen) atoms. The van der Waals surface area contributed by atoms with Crippen molar-refractivity contribution >= 4 is 11.8 Å². The Morgan fingerprint density at radius 1 is 1.45 bits per heavy atom. The maximum atomic E-state index is 11.9. The van der Waals surface area contributed by atoms with Crippen molar-refractivity contribution < 1.29 is 14.0 Å². The van der Waals surface area contributed by atoms with Crippen LogP contribution in [-0.2, 0) is 4.79 Å². The number of hydrogen-bond donors (Lipinski definition) is 2. The maximum absolute atomic E-state index is 11.9. The van der Waals surface area contributed by atoms with Crippen LogP contribution in [0.4, 0.5) is 0 Å². The van der Waals surface area contributed by atoms with Gasteiger partial charge in [-0.15, -0.1) is 0 Å². The number of hydrogen-bond acceptors (Lipinski definition) is 5. The van der Waals surface area contributed by atoms with Crippen LogP contribution in [0.5, 0.6) is 0 Å². The summed E-state index contributed by atoms with van der Waals surface area (Å²) in [5.74, 6) is -0.637. The lowest BCUT2D eigenvalue weighted by Gasteiger charge is -2.25. The fourth-order valence-corrected chi connectivity index (χ4v) is 2.43. The van der Waals surface area contributed by atoms with Gasteiger partial charge in [-0.25, -0.2) is 0 Å². The number of amides is 2. The van der Waals surface area contributed by atoms with Gasteiger partial charge in [0.1, 0.15) is 0 Å². The molecule has 0 aromatic carbocycles. The zero-order valence-electron chi connectivity index (χ0n) is 11.7. The van der Waals surface area contributed by atoms with Crippen molar-refractivity contribution in [2.24, 2.45) is 0 Å². The zero-order valence-corrected chi connectivity index (χ0v) is 11.7. The number of furan rings is 1. The van der Waals surface area contributed by atoms with Gasteiger partial charge in [0, 0.05) is 6.04 Å². The molecule has 2 N–H and O–H groups in total. The third-order valence-corrected chi connectivity index (χ3v) is 3.56. The molecule has 110 valence electrons. The molecule has 0 spiro atoms. The first-order valence-corrected chi connectivity index (χ1v) is 6.95. The van der Waals surface area contributed by atoms with Crippen molar-refractivity contribution in [1.82, 2.24) is 15.5 Å². The van der Waals surface area contributed by atoms with E-state index in [-0.39, 0.29) is 18.2 Å². The highest BCUT2D eigenvalue weighted by Crippen LogP contribution is 2.11. The lowest BCUT2D eigenvalue weighted by atomic mass is 10.1. The molecule has 6 heteroatoms. The predicted molar refractivity (Wildman–Crippen MR) is 74.3 cm³/mol. The number of carbonyl (C=O) groups excluding carboxylic acids is 2. The first-order valence-electron chi connectivity index (χ1n) is 6.95. The molecular formula is C14H21N3O3. The SMILES string of the molecule is CN(CC(=O)NC(=O)c1ccco1)C1CCCNCC1. The number of carbonyl (C=O) groups is 2. The van der Waals surface area contributed by atoms with E-state index in [9.17, 15) is 9.59 Å². The Bertz CT molecular complexity index is 437. The predicted octanol–water partition coefficient (Wildman–Crippen LogP) is 0.610. The van der Waals surface area contributed by atoms with Crippen LogP contribution < -0.4 is 10.6 Å². The molecule has 1 aliphatic heterocycles. The molecule has 6 nitrogen and oxygen atoms in total. The molecule has 1 aromatic rings. The van der Waals surface area contributed by atoms with Gasteiger partial charge in [0.2, 0.25) is 5.91 Å². The molecule has 0 radical (unpaired) electrons. The Morgan fingerprint density at radius 3 is 3.05 bits per heavy atom. The van der Waals surface area contributed by atoms with E-state index in [4.69, 9.17) is 4.42 Å². The molecule has 2 amide bonds. The Kier molecular flexibility index (Phi) is 5.31. The highest BCUT2D eigenvalue weighted by atomic mass is 16.3. The van der Waals surface area contributed by atoms with Crippen LogP contribution in [0.3, 0.4) is 0 Å². The third kappa shape index (κ3) is 4.18. The summed E-state index contributed by atoms with van der Waals surface area (Å²) in [4.78, 5) is 25.5. The van der Waals surface area contributed by atoms with E-state index in [2.05, 4.69) is 10.6 Å². The summed E-state index contributed by atoms with van der Waals surface area (Å²) in [5.41, 5.74) is 0. The summed E-state index contributed by atoms with van der Waals surface area (Å²) in [5, 5.41) is 5.68. The topological polar surface area (TPSA) is 74.6 Å². The molecule has 1 fully saturated rings. The number of rotatable bonds is 4. The van der Waals surface area contributed by atoms with E-state index >= 15 is 0 Å². The van der Waals surface area contributed by atoms with Gasteiger partial charge in [-0.05, 0) is 51.5 Å². The van der Waals surface area contributed by atoms with Gasteiger partial charge < -0.3 is 9.73 Å². The monoisotopic (exact) mass is 279 g/mol. The van der Waals surface area contributed by atoms with E-state index in [1.54, 1.807) is 6.07 Å². The van der Waals surface area contributed by atoms with Gasteiger partial charge in [-0.2, -0.15) is 0 Å². The van der Waals surface area contributed by atoms with Crippen LogP contribution in [0.2, 0.25) is 0 Å². The van der Waals surface area contributed by atoms with Crippen molar-refractivity contribution in [2.45, 2.75) is 25.3 Å². The third-order valence-electron chi connectivity index (χ3n) is 3.56. The standard InChI is InChI=1S/C14H21N3O3/c1-17(11-4-2-7-15-8-6-11)10-13(18)16-14(19)12-5-3-9-20-12/h3,5,9,11,15H,2,4,6-8,10H2,1H3,(H,16,18,19). The van der Waals surface area contributed by atoms with E-state index in [0.29, 0.717) is 6.04 Å². The van der Waals surface area contributed by atoms with Crippen molar-refractivity contribution in [3.63, 3.8) is 0 Å². The van der Waals surface area contributed by atoms with Gasteiger partial charge in [0.25, 0.3) is 5.91 Å². The molecule has 1 aromatic heterocycles. The molecule has 1 aliphatic rings. The van der Waals surface area contributed by atoms with Crippen molar-refractivity contribution in [1.29, 1.82) is 0 Å². The van der Waals surface area contributed by atoms with E-state index in [1.165, 1.54) is 12.3 Å². The number of imide groups is 1. The Balaban J connectivity index is 1.79. The average molecular weight is 279 g/mol. The number of nitrogens with one attached hydrogen (secondary N) is 2. The minimum absolute atomic E-state index is 0.152. The lowest BCUT2D eigenvalue weighted by Crippen LogP contribution is -2.42. The molecule has 1 saturated heterocycles. The summed E-state index contributed by atoms with van der Waals surface area (Å²) >= 11 is 0. The quantitative estimate of drug-likeness (QED) is 0.844. The van der Waals surface area contributed by atoms with E-state index < -0.39 is 5.91 Å². The average Bonchev–Trinajstić information content (AvgIpc) is 2.81. The van der Waals surface area contributed by atoms with Crippen LogP contribution in [0.25, 0.3) is 0 Å². The summed E-state index contributed by atoms with van der Waals surface area (Å²) in [6.45, 7) is 2.23. The highest BCUT2D eigenvalue weighted by Gasteiger charge is 2.20. The maximum Gasteiger partial charge on any atom is 0.293 e. The fraction of sp³-hybridized carbons (Fsp3) is 0.571. The Labute approximate surface area is 118 Å². The molecule has 0 saturated carbocycles. The molecule has 1 atom stereocenters. The first kappa shape index (κ1) is 14.7. The largest absolute Gasteiger partial charge is 0.459 e. The lowest BCUT2D eigenvalue weighted by molar-refractivity contribution is -0.121. The van der Waals surface area contributed by atoms with Gasteiger partial charge in [-0.3, -0.25) is 19.8 Å². The normalized spacial score (nSPS) is 19.6. The minimum atomic E-state index is -0.490. The van der Waals surface area contributed by atoms with Gasteiger partial charge in [-0.1, -0.05) is 0 Å². The number of nitrogens with zero attached hydrogens (tertiary/aromatic N) is 1. The van der Waals surface area contributed by atoms with Crippen LogP contribution in [-0.4, -0.2) is 49.4 Å². The molecule has 0 aliphatic carbocycles. The van der Waals surface area contributed by atoms with Gasteiger partial charge in [0.15, 0.2) is 5.76 Å². The van der Waals surface area contributed by atoms with E-state index in [0.717, 1.165) is 32.4 Å². The molecule has 0 bridgehead atoms. The van der Waals surface area contributed by atoms with Gasteiger partial charge in [0.05, 0.1) is 12.8 Å². The molecule has 2 heterocycles. The van der Waals surface area contributed by atoms with Crippen molar-refractivity contribution in [3.05, 3.63) is 24.2 Å². The van der Waals surface area contributed by atoms with E-state index in [1.807, 2.05) is 11.9 Å². The highest BCUT2D eigenvalue weighted by molar-refractivity contribution is 6.03. The second kappa shape index (κ2) is 7.21. The Morgan fingerprint density at radius 2 is 2.30 bits per heavy atom. The zero-order chi connectivity index (χ0) is 14.4. The van der Waals surface area contributed by atoms with Crippen LogP contribution >= 0.6 is 0 Å². The number of likely N-dealkylation sites (N-methyl/N-ethyl adjacent to an activating group) is 1. The van der Waals surface area contributed by atoms with Crippen LogP contribution in [0, 0.1) is 0 Å². The summed E-state index contributed by atoms with van der Waals surface area (Å²) < 4.78 is 4.95. The summed E-state index contributed by atoms with van der Waals surface area (Å²) in [7, 11) is 1.92. The van der Waals surface area contributed by atoms with Gasteiger partial charge >= 0.3 is 0 Å². The Hall–Kier alpha value is -1.66. The molecular weight excluding hydrogens is 258 g/mol.